The Bertz CT molecular complexity index is 2750. The third-order valence-corrected chi connectivity index (χ3v) is 14.5. The first-order valence-electron chi connectivity index (χ1n) is 14.6. The maximum absolute atomic E-state index is 7.85. The lowest BCUT2D eigenvalue weighted by Crippen LogP contribution is -2.43. The Morgan fingerprint density at radius 1 is 0.420 bits per heavy atom. The Hall–Kier alpha value is -2.55. The van der Waals surface area contributed by atoms with Gasteiger partial charge >= 0.3 is 13.7 Å². The van der Waals surface area contributed by atoms with Crippen LogP contribution in [0.25, 0.3) is 27.6 Å². The third-order valence-electron chi connectivity index (χ3n) is 8.99. The second-order valence-corrected chi connectivity index (χ2v) is 17.7. The van der Waals surface area contributed by atoms with Crippen molar-refractivity contribution in [2.24, 2.45) is 25.0 Å². The largest absolute Gasteiger partial charge is 0.721 e. The fraction of sp³-hybridized carbons (Fsp3) is 0. The monoisotopic (exact) mass is 845 g/mol. The molecule has 0 amide bonds. The van der Waals surface area contributed by atoms with Crippen molar-refractivity contribution >= 4 is 179 Å². The fourth-order valence-corrected chi connectivity index (χ4v) is 11.9. The molecule has 6 bridgehead atoms. The van der Waals surface area contributed by atoms with Crippen molar-refractivity contribution in [1.82, 2.24) is 7.10 Å². The van der Waals surface area contributed by atoms with Crippen LogP contribution in [0.3, 0.4) is 0 Å². The molecule has 0 aliphatic carbocycles. The lowest BCUT2D eigenvalue weighted by Gasteiger charge is -2.15. The number of halogens is 9. The quantitative estimate of drug-likeness (QED) is 0.137. The van der Waals surface area contributed by atoms with Gasteiger partial charge in [-0.1, -0.05) is 92.8 Å². The van der Waals surface area contributed by atoms with E-state index in [2.05, 4.69) is 0 Å². The number of rotatable bonds is 0. The number of aromatic nitrogens is 2. The molecule has 0 spiro atoms. The zero-order valence-electron chi connectivity index (χ0n) is 24.3. The van der Waals surface area contributed by atoms with Gasteiger partial charge in [0.05, 0.1) is 57.0 Å². The van der Waals surface area contributed by atoms with Crippen molar-refractivity contribution in [3.05, 3.63) is 122 Å². The molecule has 0 fully saturated rings. The number of benzene rings is 4. The molecule has 242 valence electrons. The van der Waals surface area contributed by atoms with E-state index in [0.717, 1.165) is 0 Å². The minimum absolute atomic E-state index is 0.244. The van der Waals surface area contributed by atoms with E-state index < -0.39 is 13.7 Å². The van der Waals surface area contributed by atoms with Crippen LogP contribution >= 0.6 is 103 Å². The second kappa shape index (κ2) is 11.2. The molecule has 0 unspecified atom stereocenters. The minimum Gasteiger partial charge on any atom is -0.385 e. The van der Waals surface area contributed by atoms with Crippen LogP contribution in [0.15, 0.2) is 73.5 Å². The zero-order chi connectivity index (χ0) is 34.5. The van der Waals surface area contributed by atoms with Crippen molar-refractivity contribution in [2.75, 3.05) is 0 Å². The van der Waals surface area contributed by atoms with Crippen molar-refractivity contribution in [2.45, 2.75) is 0 Å². The van der Waals surface area contributed by atoms with Crippen LogP contribution in [0, 0.1) is 0 Å². The summed E-state index contributed by atoms with van der Waals surface area (Å²) >= 11 is 52.3. The number of hydrogen-bond acceptors (Lipinski definition) is 5. The number of nitrogens with zero attached hydrogens (tertiary/aromatic N) is 7. The highest BCUT2D eigenvalue weighted by molar-refractivity contribution is 7.05. The van der Waals surface area contributed by atoms with E-state index in [1.807, 2.05) is 13.2 Å². The van der Waals surface area contributed by atoms with Gasteiger partial charge in [-0.3, -0.25) is 0 Å². The number of hydrogen-bond donors (Lipinski definition) is 0. The normalized spacial score (nSPS) is 15.3. The molecule has 4 aliphatic heterocycles. The highest BCUT2D eigenvalue weighted by Crippen LogP contribution is 2.48. The van der Waals surface area contributed by atoms with Crippen LogP contribution < -0.4 is 10.8 Å². The molecule has 2 aromatic heterocycles. The molecule has 50 heavy (non-hydrogen) atoms. The smallest absolute Gasteiger partial charge is 0.385 e. The van der Waals surface area contributed by atoms with Crippen LogP contribution in [0.5, 0.6) is 0 Å². The number of fused-ring (bicyclic) bond motifs is 14. The van der Waals surface area contributed by atoms with Gasteiger partial charge in [0.15, 0.2) is 17.5 Å². The molecule has 0 atom stereocenters. The predicted octanol–water partition coefficient (Wildman–Crippen LogP) is 10.6. The SMILES string of the molecule is Clc1ccc(Cl)c2c1C1=NC2=Nc2c3c(Cl)ccc(Cl)c3c3[n]2[Al]([Cl])[n]2c(c4c(Cl)ccc(Cl)c4c2=NC2=NC(=N3)c3c(Cl)ccc(Cl)c32)=C1. The van der Waals surface area contributed by atoms with Crippen molar-refractivity contribution in [3.63, 3.8) is 0 Å². The minimum atomic E-state index is -3.15. The molecule has 0 radical (unpaired) electrons. The summed E-state index contributed by atoms with van der Waals surface area (Å²) in [5.41, 5.74) is 2.95. The van der Waals surface area contributed by atoms with Crippen molar-refractivity contribution in [3.8, 4) is 0 Å². The fourth-order valence-electron chi connectivity index (χ4n) is 6.94. The maximum Gasteiger partial charge on any atom is 0.721 e. The molecule has 7 nitrogen and oxygen atoms in total. The summed E-state index contributed by atoms with van der Waals surface area (Å²) in [6, 6.07) is 13.6. The van der Waals surface area contributed by atoms with Gasteiger partial charge in [0.2, 0.25) is 0 Å². The summed E-state index contributed by atoms with van der Waals surface area (Å²) in [6.45, 7) is 0. The first-order valence-corrected chi connectivity index (χ1v) is 20.4. The molecular formula is C33H9AlCl9N7. The number of amidine groups is 3. The van der Waals surface area contributed by atoms with E-state index in [4.69, 9.17) is 128 Å². The summed E-state index contributed by atoms with van der Waals surface area (Å²) in [5, 5.41) is 5.69. The topological polar surface area (TPSA) is 71.7 Å². The molecule has 0 saturated heterocycles. The summed E-state index contributed by atoms with van der Waals surface area (Å²) in [4.78, 5) is 25.3. The summed E-state index contributed by atoms with van der Waals surface area (Å²) in [5.74, 6) is 1.48. The number of aliphatic imine (C=N–C) groups is 4. The van der Waals surface area contributed by atoms with Gasteiger partial charge < -0.3 is 7.10 Å². The highest BCUT2D eigenvalue weighted by Gasteiger charge is 2.40. The summed E-state index contributed by atoms with van der Waals surface area (Å²) in [7, 11) is 7.85. The molecule has 17 heteroatoms. The standard InChI is InChI=1S/C33H9Cl8N7.Al.ClH/c34-10-1-3-12(36)22-20(10)18-9-19-21-11(35)2-4-13(37)23(21)29(43-19)45-31-25-15(39)6-8-17(41)27(25)33(47-31)48-32-26-16(40)7-5-14(38)24(26)30(46-32)44-28(22)42-18;;/h1-9H;;1H/q-2;+3;/p-1. The van der Waals surface area contributed by atoms with Crippen LogP contribution in [-0.4, -0.2) is 44.0 Å². The van der Waals surface area contributed by atoms with Crippen molar-refractivity contribution < 1.29 is 0 Å². The van der Waals surface area contributed by atoms with Gasteiger partial charge in [0.1, 0.15) is 17.1 Å². The Labute approximate surface area is 330 Å². The molecule has 0 N–H and O–H groups in total. The van der Waals surface area contributed by atoms with E-state index in [1.165, 1.54) is 0 Å². The summed E-state index contributed by atoms with van der Waals surface area (Å²) < 4.78 is 3.73. The van der Waals surface area contributed by atoms with Gasteiger partial charge in [0.25, 0.3) is 0 Å². The molecule has 4 aromatic carbocycles. The van der Waals surface area contributed by atoms with Crippen molar-refractivity contribution in [1.29, 1.82) is 0 Å². The lowest BCUT2D eigenvalue weighted by molar-refractivity contribution is 1.01. The van der Waals surface area contributed by atoms with Gasteiger partial charge in [-0.05, 0) is 54.6 Å². The molecule has 6 heterocycles. The second-order valence-electron chi connectivity index (χ2n) is 11.6. The van der Waals surface area contributed by atoms with Crippen LogP contribution in [0.1, 0.15) is 22.3 Å². The average Bonchev–Trinajstić information content (AvgIpc) is 3.81. The highest BCUT2D eigenvalue weighted by atomic mass is 35.6. The van der Waals surface area contributed by atoms with Crippen LogP contribution in [-0.2, 0) is 0 Å². The third kappa shape index (κ3) is 4.25. The maximum atomic E-state index is 7.85. The average molecular weight is 850 g/mol. The van der Waals surface area contributed by atoms with Crippen LogP contribution in [0.2, 0.25) is 40.2 Å². The van der Waals surface area contributed by atoms with Gasteiger partial charge in [-0.2, -0.15) is 10.0 Å². The molecular weight excluding hydrogens is 840 g/mol. The Morgan fingerprint density at radius 2 is 0.840 bits per heavy atom. The van der Waals surface area contributed by atoms with Gasteiger partial charge in [-0.25, -0.2) is 25.0 Å². The van der Waals surface area contributed by atoms with E-state index in [9.17, 15) is 0 Å². The van der Waals surface area contributed by atoms with Crippen LogP contribution in [0.4, 0.5) is 11.6 Å². The van der Waals surface area contributed by atoms with Gasteiger partial charge in [0, 0.05) is 38.0 Å². The lowest BCUT2D eigenvalue weighted by atomic mass is 10.0. The summed E-state index contributed by atoms with van der Waals surface area (Å²) in [6.07, 6.45) is 1.85. The first-order chi connectivity index (χ1) is 24.0. The van der Waals surface area contributed by atoms with E-state index in [1.54, 1.807) is 48.5 Å². The molecule has 6 aromatic rings. The predicted molar refractivity (Wildman–Crippen MR) is 210 cm³/mol. The Balaban J connectivity index is 1.55. The first kappa shape index (κ1) is 32.1. The molecule has 0 saturated carbocycles. The van der Waals surface area contributed by atoms with E-state index in [0.29, 0.717) is 118 Å². The molecule has 10 rings (SSSR count). The zero-order valence-corrected chi connectivity index (χ0v) is 32.3. The van der Waals surface area contributed by atoms with E-state index >= 15 is 0 Å². The Kier molecular flexibility index (Phi) is 7.21. The van der Waals surface area contributed by atoms with Gasteiger partial charge in [-0.15, -0.1) is 0 Å². The van der Waals surface area contributed by atoms with E-state index in [-0.39, 0.29) is 11.7 Å². The Morgan fingerprint density at radius 3 is 1.40 bits per heavy atom. The molecule has 4 aliphatic rings.